The number of aliphatic hydroxyl groups excluding tert-OH is 2. The molecule has 1 spiro atoms. The molecule has 0 saturated heterocycles. The van der Waals surface area contributed by atoms with E-state index in [1.54, 1.807) is 0 Å². The van der Waals surface area contributed by atoms with Gasteiger partial charge >= 0.3 is 17.9 Å². The van der Waals surface area contributed by atoms with Gasteiger partial charge < -0.3 is 24.4 Å². The van der Waals surface area contributed by atoms with Gasteiger partial charge in [-0.2, -0.15) is 0 Å². The first-order valence-electron chi connectivity index (χ1n) is 12.2. The first-order valence-corrected chi connectivity index (χ1v) is 12.2. The standard InChI is InChI=1S/C26H36O9/c1-11-15-8-16(30)19-25(7)10-17(33-12(2)27)23(35-14(4)29)24(5,6)20(25)18(34-13(3)28)22(32)26(19,9-15)21(11)31/h15-20,22-23,30,32H,1,8-10H2,2-7H3/t15-,16-,17+,18-,19+,20-,22+,23+,25+,26+/m1/s1. The van der Waals surface area contributed by atoms with Crippen LogP contribution in [0, 0.1) is 34.0 Å². The Morgan fingerprint density at radius 2 is 1.49 bits per heavy atom. The number of ketones is 1. The number of hydrogen-bond acceptors (Lipinski definition) is 9. The van der Waals surface area contributed by atoms with Crippen molar-refractivity contribution in [3.05, 3.63) is 12.2 Å². The summed E-state index contributed by atoms with van der Waals surface area (Å²) in [6, 6.07) is 0. The van der Waals surface area contributed by atoms with Gasteiger partial charge in [0.1, 0.15) is 24.4 Å². The molecule has 0 aliphatic heterocycles. The second-order valence-corrected chi connectivity index (χ2v) is 11.8. The van der Waals surface area contributed by atoms with Crippen LogP contribution in [-0.4, -0.2) is 64.4 Å². The molecule has 0 radical (unpaired) electrons. The Balaban J connectivity index is 1.95. The summed E-state index contributed by atoms with van der Waals surface area (Å²) in [5, 5.41) is 23.3. The number of rotatable bonds is 3. The van der Waals surface area contributed by atoms with E-state index in [0.717, 1.165) is 0 Å². The summed E-state index contributed by atoms with van der Waals surface area (Å²) >= 11 is 0. The van der Waals surface area contributed by atoms with Crippen molar-refractivity contribution in [1.82, 2.24) is 0 Å². The van der Waals surface area contributed by atoms with Gasteiger partial charge in [-0.05, 0) is 36.2 Å². The monoisotopic (exact) mass is 492 g/mol. The minimum atomic E-state index is -1.39. The highest BCUT2D eigenvalue weighted by Gasteiger charge is 2.77. The molecular formula is C26H36O9. The van der Waals surface area contributed by atoms with Gasteiger partial charge in [0.25, 0.3) is 0 Å². The highest BCUT2D eigenvalue weighted by Crippen LogP contribution is 2.71. The van der Waals surface area contributed by atoms with Crippen LogP contribution in [0.3, 0.4) is 0 Å². The molecule has 2 N–H and O–H groups in total. The fourth-order valence-electron chi connectivity index (χ4n) is 8.65. The molecule has 9 nitrogen and oxygen atoms in total. The van der Waals surface area contributed by atoms with Crippen LogP contribution in [0.2, 0.25) is 0 Å². The van der Waals surface area contributed by atoms with Crippen molar-refractivity contribution in [2.45, 2.75) is 91.3 Å². The zero-order chi connectivity index (χ0) is 26.2. The second kappa shape index (κ2) is 8.13. The van der Waals surface area contributed by atoms with E-state index in [9.17, 15) is 29.4 Å². The Morgan fingerprint density at radius 3 is 2.03 bits per heavy atom. The molecule has 4 rings (SSSR count). The van der Waals surface area contributed by atoms with Gasteiger partial charge in [0.15, 0.2) is 5.78 Å². The molecule has 0 unspecified atom stereocenters. The van der Waals surface area contributed by atoms with Gasteiger partial charge in [0.05, 0.1) is 11.5 Å². The Bertz CT molecular complexity index is 985. The molecule has 0 aromatic heterocycles. The predicted molar refractivity (Wildman–Crippen MR) is 121 cm³/mol. The zero-order valence-electron chi connectivity index (χ0n) is 21.2. The number of fused-ring (bicyclic) bond motifs is 3. The minimum absolute atomic E-state index is 0.150. The molecule has 4 fully saturated rings. The van der Waals surface area contributed by atoms with Crippen LogP contribution >= 0.6 is 0 Å². The molecule has 0 heterocycles. The Morgan fingerprint density at radius 1 is 0.914 bits per heavy atom. The molecular weight excluding hydrogens is 456 g/mol. The van der Waals surface area contributed by atoms with Crippen molar-refractivity contribution < 1.29 is 43.6 Å². The molecule has 0 aromatic carbocycles. The number of hydrogen-bond donors (Lipinski definition) is 2. The van der Waals surface area contributed by atoms with Gasteiger partial charge in [0, 0.05) is 38.0 Å². The number of carbonyl (C=O) groups excluding carboxylic acids is 4. The van der Waals surface area contributed by atoms with Crippen LogP contribution in [0.5, 0.6) is 0 Å². The van der Waals surface area contributed by atoms with Crippen LogP contribution < -0.4 is 0 Å². The SMILES string of the molecule is C=C1C(=O)[C@]23C[C@H]1C[C@@H](O)[C@H]2[C@]1(C)C[C@H](OC(C)=O)[C@H](OC(C)=O)C(C)(C)[C@H]1[C@@H](OC(C)=O)[C@@H]3O. The first kappa shape index (κ1) is 25.8. The molecule has 4 aliphatic rings. The summed E-state index contributed by atoms with van der Waals surface area (Å²) in [4.78, 5) is 50.1. The molecule has 0 amide bonds. The summed E-state index contributed by atoms with van der Waals surface area (Å²) in [6.07, 6.45) is -4.41. The lowest BCUT2D eigenvalue weighted by molar-refractivity contribution is -0.298. The fourth-order valence-corrected chi connectivity index (χ4v) is 8.65. The van der Waals surface area contributed by atoms with Crippen LogP contribution in [-0.2, 0) is 33.4 Å². The lowest BCUT2D eigenvalue weighted by Gasteiger charge is -2.68. The average molecular weight is 493 g/mol. The smallest absolute Gasteiger partial charge is 0.303 e. The quantitative estimate of drug-likeness (QED) is 0.343. The van der Waals surface area contributed by atoms with E-state index < -0.39 is 76.5 Å². The van der Waals surface area contributed by atoms with Crippen molar-refractivity contribution in [2.24, 2.45) is 34.0 Å². The first-order chi connectivity index (χ1) is 16.1. The highest BCUT2D eigenvalue weighted by atomic mass is 16.6. The van der Waals surface area contributed by atoms with E-state index in [1.807, 2.05) is 20.8 Å². The summed E-state index contributed by atoms with van der Waals surface area (Å²) < 4.78 is 17.1. The zero-order valence-corrected chi connectivity index (χ0v) is 21.2. The molecule has 0 aromatic rings. The molecule has 4 aliphatic carbocycles. The number of ether oxygens (including phenoxy) is 3. The normalized spacial score (nSPS) is 45.7. The highest BCUT2D eigenvalue weighted by molar-refractivity contribution is 6.03. The molecule has 9 heteroatoms. The lowest BCUT2D eigenvalue weighted by Crippen LogP contribution is -2.75. The van der Waals surface area contributed by atoms with E-state index in [2.05, 4.69) is 6.58 Å². The van der Waals surface area contributed by atoms with Crippen molar-refractivity contribution in [3.63, 3.8) is 0 Å². The van der Waals surface area contributed by atoms with Gasteiger partial charge in [-0.25, -0.2) is 0 Å². The predicted octanol–water partition coefficient (Wildman–Crippen LogP) is 1.72. The van der Waals surface area contributed by atoms with Crippen LogP contribution in [0.15, 0.2) is 12.2 Å². The molecule has 35 heavy (non-hydrogen) atoms. The topological polar surface area (TPSA) is 136 Å². The van der Waals surface area contributed by atoms with E-state index in [-0.39, 0.29) is 18.1 Å². The summed E-state index contributed by atoms with van der Waals surface area (Å²) in [6.45, 7) is 13.3. The maximum atomic E-state index is 13.7. The summed E-state index contributed by atoms with van der Waals surface area (Å²) in [7, 11) is 0. The van der Waals surface area contributed by atoms with Crippen molar-refractivity contribution in [3.8, 4) is 0 Å². The van der Waals surface area contributed by atoms with Gasteiger partial charge in [-0.1, -0.05) is 27.4 Å². The third kappa shape index (κ3) is 3.49. The van der Waals surface area contributed by atoms with Crippen LogP contribution in [0.4, 0.5) is 0 Å². The van der Waals surface area contributed by atoms with Crippen molar-refractivity contribution >= 4 is 23.7 Å². The van der Waals surface area contributed by atoms with E-state index in [0.29, 0.717) is 18.4 Å². The Hall–Kier alpha value is -2.26. The average Bonchev–Trinajstić information content (AvgIpc) is 2.89. The number of allylic oxidation sites excluding steroid dienone is 1. The summed E-state index contributed by atoms with van der Waals surface area (Å²) in [5.74, 6) is -3.65. The molecule has 10 atom stereocenters. The number of carbonyl (C=O) groups is 4. The number of aliphatic hydroxyl groups is 2. The van der Waals surface area contributed by atoms with Crippen molar-refractivity contribution in [2.75, 3.05) is 0 Å². The molecule has 194 valence electrons. The maximum absolute atomic E-state index is 13.7. The van der Waals surface area contributed by atoms with Gasteiger partial charge in [-0.15, -0.1) is 0 Å². The Kier molecular flexibility index (Phi) is 6.00. The maximum Gasteiger partial charge on any atom is 0.303 e. The fraction of sp³-hybridized carbons (Fsp3) is 0.769. The second-order valence-electron chi connectivity index (χ2n) is 11.8. The number of esters is 3. The van der Waals surface area contributed by atoms with Crippen LogP contribution in [0.25, 0.3) is 0 Å². The van der Waals surface area contributed by atoms with E-state index in [1.165, 1.54) is 20.8 Å². The van der Waals surface area contributed by atoms with E-state index in [4.69, 9.17) is 14.2 Å². The molecule has 4 saturated carbocycles. The third-order valence-corrected chi connectivity index (χ3v) is 9.27. The van der Waals surface area contributed by atoms with Crippen molar-refractivity contribution in [1.29, 1.82) is 0 Å². The molecule has 2 bridgehead atoms. The minimum Gasteiger partial charge on any atom is -0.459 e. The summed E-state index contributed by atoms with van der Waals surface area (Å²) in [5.41, 5.74) is -2.91. The Labute approximate surface area is 205 Å². The lowest BCUT2D eigenvalue weighted by atomic mass is 9.38. The van der Waals surface area contributed by atoms with E-state index >= 15 is 0 Å². The van der Waals surface area contributed by atoms with Gasteiger partial charge in [0.2, 0.25) is 0 Å². The number of Topliss-reactive ketones (excluding diaryl/α,β-unsaturated/α-hetero) is 1. The van der Waals surface area contributed by atoms with Crippen LogP contribution in [0.1, 0.15) is 60.8 Å². The van der Waals surface area contributed by atoms with Gasteiger partial charge in [-0.3, -0.25) is 19.2 Å². The third-order valence-electron chi connectivity index (χ3n) is 9.27. The largest absolute Gasteiger partial charge is 0.459 e.